The molecule has 0 radical (unpaired) electrons. The molecule has 0 bridgehead atoms. The minimum atomic E-state index is -0.00500. The van der Waals surface area contributed by atoms with Gasteiger partial charge in [0.2, 0.25) is 5.91 Å². The Morgan fingerprint density at radius 1 is 1.03 bits per heavy atom. The summed E-state index contributed by atoms with van der Waals surface area (Å²) in [7, 11) is 0. The van der Waals surface area contributed by atoms with Crippen LogP contribution < -0.4 is 10.2 Å². The number of nitrogens with one attached hydrogen (secondary N) is 1. The number of hydrogen-bond donors (Lipinski definition) is 1. The van der Waals surface area contributed by atoms with Crippen LogP contribution in [0.3, 0.4) is 0 Å². The van der Waals surface area contributed by atoms with Gasteiger partial charge in [0, 0.05) is 32.5 Å². The zero-order valence-corrected chi connectivity index (χ0v) is 18.5. The molecule has 1 aromatic carbocycles. The molecule has 7 nitrogen and oxygen atoms in total. The van der Waals surface area contributed by atoms with Crippen LogP contribution in [0.2, 0.25) is 0 Å². The van der Waals surface area contributed by atoms with E-state index in [0.717, 1.165) is 61.2 Å². The average molecular weight is 422 g/mol. The predicted octanol–water partition coefficient (Wildman–Crippen LogP) is 3.98. The minimum absolute atomic E-state index is 0.00500. The van der Waals surface area contributed by atoms with E-state index in [2.05, 4.69) is 58.5 Å². The first-order chi connectivity index (χ1) is 15.2. The summed E-state index contributed by atoms with van der Waals surface area (Å²) in [6, 6.07) is 8.34. The number of anilines is 1. The fourth-order valence-electron chi connectivity index (χ4n) is 4.03. The van der Waals surface area contributed by atoms with Gasteiger partial charge in [-0.25, -0.2) is 4.98 Å². The molecule has 0 saturated carbocycles. The second kappa shape index (κ2) is 9.90. The number of aryl methyl sites for hydroxylation is 3. The van der Waals surface area contributed by atoms with E-state index < -0.39 is 0 Å². The highest BCUT2D eigenvalue weighted by atomic mass is 16.5. The molecule has 0 spiro atoms. The lowest BCUT2D eigenvalue weighted by molar-refractivity contribution is -0.121. The lowest BCUT2D eigenvalue weighted by Gasteiger charge is -2.28. The number of piperidine rings is 1. The van der Waals surface area contributed by atoms with Crippen molar-refractivity contribution in [3.05, 3.63) is 46.9 Å². The van der Waals surface area contributed by atoms with Crippen LogP contribution in [0.1, 0.15) is 62.2 Å². The third-order valence-electron chi connectivity index (χ3n) is 5.92. The zero-order chi connectivity index (χ0) is 21.6. The van der Waals surface area contributed by atoms with E-state index >= 15 is 0 Å². The Bertz CT molecular complexity index is 1020. The summed E-state index contributed by atoms with van der Waals surface area (Å²) in [5.74, 6) is 1.54. The van der Waals surface area contributed by atoms with E-state index in [1.165, 1.54) is 12.0 Å². The fourth-order valence-corrected chi connectivity index (χ4v) is 4.03. The molecule has 0 aliphatic carbocycles. The van der Waals surface area contributed by atoms with E-state index in [4.69, 9.17) is 9.51 Å². The Morgan fingerprint density at radius 3 is 2.48 bits per heavy atom. The number of hydrogen-bond acceptors (Lipinski definition) is 6. The maximum atomic E-state index is 12.4. The van der Waals surface area contributed by atoms with Gasteiger partial charge in [0.1, 0.15) is 17.0 Å². The van der Waals surface area contributed by atoms with E-state index in [-0.39, 0.29) is 5.91 Å². The average Bonchev–Trinajstić information content (AvgIpc) is 3.25. The van der Waals surface area contributed by atoms with Gasteiger partial charge in [-0.3, -0.25) is 4.79 Å². The van der Waals surface area contributed by atoms with Crippen LogP contribution in [0.15, 0.2) is 28.8 Å². The molecule has 1 amide bonds. The number of amides is 1. The minimum Gasteiger partial charge on any atom is -0.356 e. The van der Waals surface area contributed by atoms with Crippen molar-refractivity contribution in [1.29, 1.82) is 0 Å². The Kier molecular flexibility index (Phi) is 6.79. The van der Waals surface area contributed by atoms with Gasteiger partial charge < -0.3 is 14.7 Å². The third kappa shape index (κ3) is 5.03. The van der Waals surface area contributed by atoms with Crippen molar-refractivity contribution < 1.29 is 9.32 Å². The molecule has 2 aromatic heterocycles. The van der Waals surface area contributed by atoms with E-state index in [1.807, 2.05) is 0 Å². The summed E-state index contributed by atoms with van der Waals surface area (Å²) in [6.07, 6.45) is 6.18. The molecule has 31 heavy (non-hydrogen) atoms. The van der Waals surface area contributed by atoms with Crippen LogP contribution in [-0.2, 0) is 30.6 Å². The van der Waals surface area contributed by atoms with Crippen LogP contribution in [0.25, 0.3) is 11.1 Å². The SMILES string of the molecule is CCc1ccc(CNC(=O)CCc2nc(N3CCCCC3)c3c(CC)noc3n2)cc1. The van der Waals surface area contributed by atoms with E-state index in [1.54, 1.807) is 0 Å². The van der Waals surface area contributed by atoms with Gasteiger partial charge >= 0.3 is 0 Å². The molecular weight excluding hydrogens is 390 g/mol. The van der Waals surface area contributed by atoms with Crippen molar-refractivity contribution in [2.75, 3.05) is 18.0 Å². The second-order valence-electron chi connectivity index (χ2n) is 8.12. The molecule has 0 atom stereocenters. The van der Waals surface area contributed by atoms with Gasteiger partial charge in [-0.1, -0.05) is 43.3 Å². The lowest BCUT2D eigenvalue weighted by Crippen LogP contribution is -2.31. The van der Waals surface area contributed by atoms with Crippen LogP contribution >= 0.6 is 0 Å². The van der Waals surface area contributed by atoms with Crippen LogP contribution in [0.5, 0.6) is 0 Å². The monoisotopic (exact) mass is 421 g/mol. The third-order valence-corrected chi connectivity index (χ3v) is 5.92. The zero-order valence-electron chi connectivity index (χ0n) is 18.5. The first kappa shape index (κ1) is 21.3. The van der Waals surface area contributed by atoms with Gasteiger partial charge in [0.25, 0.3) is 5.71 Å². The molecule has 1 fully saturated rings. The maximum Gasteiger partial charge on any atom is 0.263 e. The topological polar surface area (TPSA) is 84.2 Å². The molecule has 7 heteroatoms. The quantitative estimate of drug-likeness (QED) is 0.592. The Balaban J connectivity index is 1.43. The lowest BCUT2D eigenvalue weighted by atomic mass is 10.1. The molecule has 1 saturated heterocycles. The number of carbonyl (C=O) groups excluding carboxylic acids is 1. The molecule has 1 N–H and O–H groups in total. The number of rotatable bonds is 8. The molecule has 164 valence electrons. The molecule has 3 aromatic rings. The number of aromatic nitrogens is 3. The van der Waals surface area contributed by atoms with Gasteiger partial charge in [-0.05, 0) is 43.2 Å². The summed E-state index contributed by atoms with van der Waals surface area (Å²) >= 11 is 0. The molecule has 4 rings (SSSR count). The van der Waals surface area contributed by atoms with Crippen molar-refractivity contribution in [2.24, 2.45) is 0 Å². The van der Waals surface area contributed by atoms with Crippen molar-refractivity contribution in [2.45, 2.75) is 65.3 Å². The van der Waals surface area contributed by atoms with Crippen molar-refractivity contribution >= 4 is 22.8 Å². The van der Waals surface area contributed by atoms with Crippen molar-refractivity contribution in [3.8, 4) is 0 Å². The number of fused-ring (bicyclic) bond motifs is 1. The van der Waals surface area contributed by atoms with Gasteiger partial charge in [-0.15, -0.1) is 0 Å². The first-order valence-corrected chi connectivity index (χ1v) is 11.4. The number of nitrogens with zero attached hydrogens (tertiary/aromatic N) is 4. The molecule has 0 unspecified atom stereocenters. The van der Waals surface area contributed by atoms with Crippen LogP contribution in [0, 0.1) is 0 Å². The van der Waals surface area contributed by atoms with E-state index in [0.29, 0.717) is 30.9 Å². The normalized spacial score (nSPS) is 14.2. The summed E-state index contributed by atoms with van der Waals surface area (Å²) in [5, 5.41) is 8.12. The smallest absolute Gasteiger partial charge is 0.263 e. The summed E-state index contributed by atoms with van der Waals surface area (Å²) < 4.78 is 5.51. The standard InChI is InChI=1S/C24H31N5O2/c1-3-17-8-10-18(11-9-17)16-25-21(30)13-12-20-26-23(29-14-6-5-7-15-29)22-19(4-2)28-31-24(22)27-20/h8-11H,3-7,12-16H2,1-2H3,(H,25,30). The highest BCUT2D eigenvalue weighted by molar-refractivity contribution is 5.88. The number of carbonyl (C=O) groups is 1. The molecule has 1 aliphatic rings. The highest BCUT2D eigenvalue weighted by Crippen LogP contribution is 2.29. The van der Waals surface area contributed by atoms with Gasteiger partial charge in [0.05, 0.1) is 5.69 Å². The second-order valence-corrected chi connectivity index (χ2v) is 8.12. The molecule has 3 heterocycles. The summed E-state index contributed by atoms with van der Waals surface area (Å²) in [5.41, 5.74) is 3.82. The molecular formula is C24H31N5O2. The fraction of sp³-hybridized carbons (Fsp3) is 0.500. The summed E-state index contributed by atoms with van der Waals surface area (Å²) in [4.78, 5) is 24.1. The maximum absolute atomic E-state index is 12.4. The highest BCUT2D eigenvalue weighted by Gasteiger charge is 2.22. The van der Waals surface area contributed by atoms with Gasteiger partial charge in [0.15, 0.2) is 0 Å². The Labute approximate surface area is 183 Å². The first-order valence-electron chi connectivity index (χ1n) is 11.4. The molecule has 1 aliphatic heterocycles. The van der Waals surface area contributed by atoms with Crippen molar-refractivity contribution in [3.63, 3.8) is 0 Å². The van der Waals surface area contributed by atoms with Crippen LogP contribution in [-0.4, -0.2) is 34.1 Å². The Hall–Kier alpha value is -2.96. The van der Waals surface area contributed by atoms with E-state index in [9.17, 15) is 4.79 Å². The van der Waals surface area contributed by atoms with Crippen LogP contribution in [0.4, 0.5) is 5.82 Å². The van der Waals surface area contributed by atoms with Crippen molar-refractivity contribution in [1.82, 2.24) is 20.4 Å². The Morgan fingerprint density at radius 2 is 1.77 bits per heavy atom. The van der Waals surface area contributed by atoms with Gasteiger partial charge in [-0.2, -0.15) is 4.98 Å². The summed E-state index contributed by atoms with van der Waals surface area (Å²) in [6.45, 7) is 6.69. The predicted molar refractivity (Wildman–Crippen MR) is 121 cm³/mol. The largest absolute Gasteiger partial charge is 0.356 e. The number of benzene rings is 1.